The van der Waals surface area contributed by atoms with Crippen LogP contribution in [-0.2, 0) is 14.3 Å². The van der Waals surface area contributed by atoms with Crippen molar-refractivity contribution in [1.82, 2.24) is 9.55 Å². The second-order valence-corrected chi connectivity index (χ2v) is 6.73. The molecule has 5 N–H and O–H groups in total. The summed E-state index contributed by atoms with van der Waals surface area (Å²) in [6, 6.07) is 0.472. The van der Waals surface area contributed by atoms with Crippen LogP contribution in [0.15, 0.2) is 22.2 Å². The van der Waals surface area contributed by atoms with Crippen molar-refractivity contribution in [3.8, 4) is 0 Å². The summed E-state index contributed by atoms with van der Waals surface area (Å²) in [6.07, 6.45) is -0.838. The van der Waals surface area contributed by atoms with Gasteiger partial charge in [-0.1, -0.05) is 25.9 Å². The highest BCUT2D eigenvalue weighted by atomic mass is 16.6. The van der Waals surface area contributed by atoms with E-state index in [0.717, 1.165) is 4.57 Å². The van der Waals surface area contributed by atoms with Crippen LogP contribution in [0.25, 0.3) is 10.4 Å². The van der Waals surface area contributed by atoms with Gasteiger partial charge in [-0.2, -0.15) is 4.98 Å². The molecule has 12 heteroatoms. The Hall–Kier alpha value is -2.66. The van der Waals surface area contributed by atoms with E-state index < -0.39 is 48.3 Å². The minimum absolute atomic E-state index is 0.0243. The summed E-state index contributed by atoms with van der Waals surface area (Å²) in [5, 5.41) is 13.4. The maximum absolute atomic E-state index is 12.3. The standard InChI is InChI=1S/C15H23N7O5/c1-7(2)10(17)13(24)26-11-8(3)12(27-15(11,6-23)20-21-18)22-5-4-9(16)19-14(22)25/h4-5,7-8,10-12,23H,6,17H2,1-3H3,(H2,16,19,25). The molecular formula is C15H23N7O5. The first-order valence-corrected chi connectivity index (χ1v) is 8.32. The number of carbonyl (C=O) groups is 1. The van der Waals surface area contributed by atoms with Gasteiger partial charge in [0.15, 0.2) is 0 Å². The third kappa shape index (κ3) is 3.88. The zero-order chi connectivity index (χ0) is 20.4. The molecule has 27 heavy (non-hydrogen) atoms. The topological polar surface area (TPSA) is 191 Å². The van der Waals surface area contributed by atoms with Gasteiger partial charge in [0.05, 0.1) is 6.61 Å². The molecule has 148 valence electrons. The fourth-order valence-electron chi connectivity index (χ4n) is 2.86. The molecule has 0 bridgehead atoms. The Morgan fingerprint density at radius 1 is 1.63 bits per heavy atom. The van der Waals surface area contributed by atoms with Gasteiger partial charge >= 0.3 is 11.7 Å². The number of esters is 1. The Morgan fingerprint density at radius 3 is 2.81 bits per heavy atom. The number of nitrogens with zero attached hydrogens (tertiary/aromatic N) is 5. The van der Waals surface area contributed by atoms with E-state index in [1.54, 1.807) is 20.8 Å². The third-order valence-electron chi connectivity index (χ3n) is 4.50. The van der Waals surface area contributed by atoms with Crippen molar-refractivity contribution in [3.63, 3.8) is 0 Å². The molecule has 2 heterocycles. The lowest BCUT2D eigenvalue weighted by molar-refractivity contribution is -0.169. The van der Waals surface area contributed by atoms with Crippen molar-refractivity contribution >= 4 is 11.8 Å². The van der Waals surface area contributed by atoms with E-state index in [4.69, 9.17) is 26.5 Å². The van der Waals surface area contributed by atoms with Gasteiger partial charge in [0, 0.05) is 17.0 Å². The average molecular weight is 381 g/mol. The number of hydrogen-bond acceptors (Lipinski definition) is 9. The molecule has 1 saturated heterocycles. The minimum atomic E-state index is -1.91. The zero-order valence-electron chi connectivity index (χ0n) is 15.2. The Labute approximate surface area is 154 Å². The third-order valence-corrected chi connectivity index (χ3v) is 4.50. The molecule has 0 aromatic carbocycles. The van der Waals surface area contributed by atoms with Crippen LogP contribution in [-0.4, -0.2) is 45.1 Å². The van der Waals surface area contributed by atoms with Crippen molar-refractivity contribution in [3.05, 3.63) is 33.2 Å². The van der Waals surface area contributed by atoms with Crippen LogP contribution in [0.1, 0.15) is 27.0 Å². The predicted octanol–water partition coefficient (Wildman–Crippen LogP) is -0.116. The number of carbonyl (C=O) groups excluding carboxylic acids is 1. The molecule has 5 unspecified atom stereocenters. The minimum Gasteiger partial charge on any atom is -0.457 e. The van der Waals surface area contributed by atoms with E-state index in [9.17, 15) is 14.7 Å². The largest absolute Gasteiger partial charge is 0.457 e. The lowest BCUT2D eigenvalue weighted by atomic mass is 9.97. The number of nitrogens with two attached hydrogens (primary N) is 2. The van der Waals surface area contributed by atoms with E-state index in [1.807, 2.05) is 0 Å². The fraction of sp³-hybridized carbons (Fsp3) is 0.667. The number of anilines is 1. The predicted molar refractivity (Wildman–Crippen MR) is 93.9 cm³/mol. The monoisotopic (exact) mass is 381 g/mol. The van der Waals surface area contributed by atoms with Crippen LogP contribution < -0.4 is 17.2 Å². The number of ether oxygens (including phenoxy) is 2. The van der Waals surface area contributed by atoms with Gasteiger partial charge in [-0.3, -0.25) is 9.36 Å². The molecule has 0 aliphatic carbocycles. The molecule has 12 nitrogen and oxygen atoms in total. The van der Waals surface area contributed by atoms with Crippen LogP contribution in [0, 0.1) is 11.8 Å². The van der Waals surface area contributed by atoms with Gasteiger partial charge in [-0.15, -0.1) is 0 Å². The van der Waals surface area contributed by atoms with E-state index in [2.05, 4.69) is 15.0 Å². The Kier molecular flexibility index (Phi) is 6.06. The van der Waals surface area contributed by atoms with Gasteiger partial charge in [0.1, 0.15) is 24.2 Å². The van der Waals surface area contributed by atoms with Crippen LogP contribution in [0.2, 0.25) is 0 Å². The lowest BCUT2D eigenvalue weighted by Crippen LogP contribution is -2.48. The highest BCUT2D eigenvalue weighted by Gasteiger charge is 2.56. The quantitative estimate of drug-likeness (QED) is 0.263. The number of aliphatic hydroxyl groups excluding tert-OH is 1. The van der Waals surface area contributed by atoms with Gasteiger partial charge in [0.25, 0.3) is 0 Å². The SMILES string of the molecule is CC(C)C(N)C(=O)OC1C(C)C(n2ccc(N)nc2=O)OC1(CO)N=[N+]=[N-]. The maximum atomic E-state index is 12.3. The Bertz CT molecular complexity index is 806. The van der Waals surface area contributed by atoms with Crippen molar-refractivity contribution in [2.45, 2.75) is 44.9 Å². The van der Waals surface area contributed by atoms with E-state index in [0.29, 0.717) is 0 Å². The number of nitrogen functional groups attached to an aromatic ring is 1. The molecule has 5 atom stereocenters. The highest BCUT2D eigenvalue weighted by Crippen LogP contribution is 2.43. The fourth-order valence-corrected chi connectivity index (χ4v) is 2.86. The van der Waals surface area contributed by atoms with Crippen molar-refractivity contribution in [2.24, 2.45) is 22.7 Å². The van der Waals surface area contributed by atoms with Crippen LogP contribution in [0.3, 0.4) is 0 Å². The van der Waals surface area contributed by atoms with Crippen molar-refractivity contribution in [1.29, 1.82) is 0 Å². The molecule has 1 aromatic heterocycles. The molecular weight excluding hydrogens is 358 g/mol. The first kappa shape index (κ1) is 20.6. The van der Waals surface area contributed by atoms with Gasteiger partial charge in [-0.25, -0.2) is 4.79 Å². The number of aliphatic hydroxyl groups is 1. The van der Waals surface area contributed by atoms with Gasteiger partial charge in [0.2, 0.25) is 5.72 Å². The molecule has 1 aliphatic heterocycles. The number of hydrogen-bond donors (Lipinski definition) is 3. The molecule has 2 rings (SSSR count). The van der Waals surface area contributed by atoms with Gasteiger partial charge in [-0.05, 0) is 17.5 Å². The summed E-state index contributed by atoms with van der Waals surface area (Å²) in [5.41, 5.74) is 17.6. The lowest BCUT2D eigenvalue weighted by Gasteiger charge is -2.29. The molecule has 1 fully saturated rings. The van der Waals surface area contributed by atoms with Crippen LogP contribution in [0.5, 0.6) is 0 Å². The average Bonchev–Trinajstić information content (AvgIpc) is 2.87. The van der Waals surface area contributed by atoms with Crippen LogP contribution in [0.4, 0.5) is 5.82 Å². The van der Waals surface area contributed by atoms with E-state index in [1.165, 1.54) is 12.3 Å². The Balaban J connectivity index is 2.44. The molecule has 1 aliphatic rings. The first-order chi connectivity index (χ1) is 12.7. The first-order valence-electron chi connectivity index (χ1n) is 8.32. The molecule has 0 amide bonds. The van der Waals surface area contributed by atoms with E-state index in [-0.39, 0.29) is 11.7 Å². The van der Waals surface area contributed by atoms with Crippen LogP contribution >= 0.6 is 0 Å². The molecule has 1 aromatic rings. The summed E-state index contributed by atoms with van der Waals surface area (Å²) >= 11 is 0. The molecule has 0 radical (unpaired) electrons. The molecule has 0 saturated carbocycles. The smallest absolute Gasteiger partial charge is 0.351 e. The zero-order valence-corrected chi connectivity index (χ0v) is 15.2. The number of rotatable bonds is 6. The highest BCUT2D eigenvalue weighted by molar-refractivity contribution is 5.76. The van der Waals surface area contributed by atoms with E-state index >= 15 is 0 Å². The van der Waals surface area contributed by atoms with Crippen molar-refractivity contribution in [2.75, 3.05) is 12.3 Å². The number of aromatic nitrogens is 2. The summed E-state index contributed by atoms with van der Waals surface area (Å²) in [4.78, 5) is 30.8. The summed E-state index contributed by atoms with van der Waals surface area (Å²) in [5.74, 6) is -1.58. The maximum Gasteiger partial charge on any atom is 0.351 e. The second kappa shape index (κ2) is 7.92. The van der Waals surface area contributed by atoms with Gasteiger partial charge < -0.3 is 26.0 Å². The Morgan fingerprint density at radius 2 is 2.30 bits per heavy atom. The summed E-state index contributed by atoms with van der Waals surface area (Å²) in [7, 11) is 0. The van der Waals surface area contributed by atoms with Crippen molar-refractivity contribution < 1.29 is 19.4 Å². The molecule has 0 spiro atoms. The second-order valence-electron chi connectivity index (χ2n) is 6.73. The summed E-state index contributed by atoms with van der Waals surface area (Å²) in [6.45, 7) is 4.34. The number of azide groups is 1. The summed E-state index contributed by atoms with van der Waals surface area (Å²) < 4.78 is 12.3. The normalized spacial score (nSPS) is 28.6.